The van der Waals surface area contributed by atoms with Crippen LogP contribution >= 0.6 is 0 Å². The molecule has 36 heavy (non-hydrogen) atoms. The number of rotatable bonds is 2. The Bertz CT molecular complexity index is 1390. The molecule has 2 fully saturated rings. The molecule has 198 valence electrons. The molecule has 0 aromatic heterocycles. The summed E-state index contributed by atoms with van der Waals surface area (Å²) < 4.78 is 128. The summed E-state index contributed by atoms with van der Waals surface area (Å²) in [5.41, 5.74) is -1.55. The minimum atomic E-state index is -4.69. The van der Waals surface area contributed by atoms with Crippen molar-refractivity contribution in [2.75, 3.05) is 12.4 Å². The third-order valence-corrected chi connectivity index (χ3v) is 11.4. The molecule has 0 radical (unpaired) electrons. The van der Waals surface area contributed by atoms with E-state index in [-0.39, 0.29) is 39.0 Å². The molecule has 1 saturated carbocycles. The van der Waals surface area contributed by atoms with Gasteiger partial charge < -0.3 is 4.74 Å². The molecule has 1 aliphatic carbocycles. The summed E-state index contributed by atoms with van der Waals surface area (Å²) in [4.78, 5) is -0.471. The van der Waals surface area contributed by atoms with Gasteiger partial charge >= 0.3 is 6.18 Å². The van der Waals surface area contributed by atoms with E-state index in [2.05, 4.69) is 4.72 Å². The second-order valence-corrected chi connectivity index (χ2v) is 13.2. The monoisotopic (exact) mass is 553 g/mol. The van der Waals surface area contributed by atoms with Crippen LogP contribution in [0.15, 0.2) is 41.3 Å². The van der Waals surface area contributed by atoms with Crippen molar-refractivity contribution in [2.24, 2.45) is 11.8 Å². The number of benzene rings is 2. The van der Waals surface area contributed by atoms with E-state index in [4.69, 9.17) is 4.74 Å². The van der Waals surface area contributed by atoms with Crippen LogP contribution in [-0.2, 0) is 30.8 Å². The van der Waals surface area contributed by atoms with Gasteiger partial charge in [0, 0.05) is 12.0 Å². The first-order chi connectivity index (χ1) is 16.3. The maximum atomic E-state index is 15.3. The third kappa shape index (κ3) is 3.90. The van der Waals surface area contributed by atoms with Crippen molar-refractivity contribution in [3.05, 3.63) is 59.2 Å². The average molecular weight is 554 g/mol. The highest BCUT2D eigenvalue weighted by Crippen LogP contribution is 2.59. The first kappa shape index (κ1) is 26.8. The van der Waals surface area contributed by atoms with Crippen molar-refractivity contribution < 1.29 is 43.5 Å². The summed E-state index contributed by atoms with van der Waals surface area (Å²) in [5.74, 6) is -4.36. The Hall–Kier alpha value is -2.25. The van der Waals surface area contributed by atoms with Gasteiger partial charge in [0.25, 0.3) is 0 Å². The zero-order chi connectivity index (χ0) is 25.4. The van der Waals surface area contributed by atoms with Gasteiger partial charge in [-0.2, -0.15) is 13.2 Å². The minimum absolute atomic E-state index is 0. The molecular formula is C23H24F5NO5S2. The first-order valence-corrected chi connectivity index (χ1v) is 13.9. The van der Waals surface area contributed by atoms with Gasteiger partial charge in [-0.05, 0) is 61.6 Å². The van der Waals surface area contributed by atoms with Gasteiger partial charge in [0.1, 0.15) is 10.6 Å². The molecule has 2 aromatic carbocycles. The van der Waals surface area contributed by atoms with Crippen molar-refractivity contribution in [2.45, 2.75) is 48.5 Å². The van der Waals surface area contributed by atoms with Crippen molar-refractivity contribution >= 4 is 19.9 Å². The lowest BCUT2D eigenvalue weighted by Crippen LogP contribution is -2.62. The summed E-state index contributed by atoms with van der Waals surface area (Å²) in [7, 11) is -8.18. The van der Waals surface area contributed by atoms with E-state index in [0.29, 0.717) is 12.1 Å². The van der Waals surface area contributed by atoms with Crippen LogP contribution in [0.25, 0.3) is 0 Å². The Morgan fingerprint density at radius 3 is 2.28 bits per heavy atom. The normalized spacial score (nSPS) is 29.1. The van der Waals surface area contributed by atoms with Gasteiger partial charge in [0.15, 0.2) is 21.4 Å². The van der Waals surface area contributed by atoms with Gasteiger partial charge in [-0.1, -0.05) is 7.43 Å². The fraction of sp³-hybridized carbons (Fsp3) is 0.478. The highest BCUT2D eigenvalue weighted by Gasteiger charge is 2.63. The van der Waals surface area contributed by atoms with Crippen LogP contribution < -0.4 is 9.46 Å². The van der Waals surface area contributed by atoms with E-state index >= 15 is 4.39 Å². The number of ether oxygens (including phenoxy) is 1. The topological polar surface area (TPSA) is 89.5 Å². The number of hydrogen-bond donors (Lipinski definition) is 1. The van der Waals surface area contributed by atoms with Crippen LogP contribution in [0.5, 0.6) is 5.75 Å². The van der Waals surface area contributed by atoms with Crippen LogP contribution in [0.2, 0.25) is 0 Å². The van der Waals surface area contributed by atoms with E-state index in [0.717, 1.165) is 24.3 Å². The standard InChI is InChI=1S/C22H20F5NO5S2.CH4/c23-16-5-6-17(24)20-19(16)21(35(31,32)13-3-1-12(2-4-13)22(25,26)27)9-7-18-14(15(21)11-33-20)8-10-34(29,30)28-18;/h1-6,14-15,18,28H,7-11H2;1H4/t14-,15-,18+,21-;/m1./s1. The third-order valence-electron chi connectivity index (χ3n) is 7.37. The predicted octanol–water partition coefficient (Wildman–Crippen LogP) is 4.40. The lowest BCUT2D eigenvalue weighted by molar-refractivity contribution is -0.137. The Morgan fingerprint density at radius 1 is 1.00 bits per heavy atom. The molecule has 0 bridgehead atoms. The van der Waals surface area contributed by atoms with Gasteiger partial charge in [-0.25, -0.2) is 30.3 Å². The van der Waals surface area contributed by atoms with Crippen molar-refractivity contribution in [3.8, 4) is 5.75 Å². The summed E-state index contributed by atoms with van der Waals surface area (Å²) in [6.45, 7) is -0.323. The van der Waals surface area contributed by atoms with E-state index < -0.39 is 82.1 Å². The molecule has 0 spiro atoms. The summed E-state index contributed by atoms with van der Waals surface area (Å²) >= 11 is 0. The summed E-state index contributed by atoms with van der Waals surface area (Å²) in [6.07, 6.45) is -4.89. The van der Waals surface area contributed by atoms with Gasteiger partial charge in [0.05, 0.1) is 28.4 Å². The number of alkyl halides is 3. The summed E-state index contributed by atoms with van der Waals surface area (Å²) in [6, 6.07) is 3.85. The van der Waals surface area contributed by atoms with Crippen molar-refractivity contribution in [3.63, 3.8) is 0 Å². The van der Waals surface area contributed by atoms with Crippen LogP contribution in [0.1, 0.15) is 37.8 Å². The summed E-state index contributed by atoms with van der Waals surface area (Å²) in [5, 5.41) is 0. The molecule has 1 N–H and O–H groups in total. The zero-order valence-electron chi connectivity index (χ0n) is 18.0. The smallest absolute Gasteiger partial charge is 0.416 e. The molecule has 13 heteroatoms. The number of hydrogen-bond acceptors (Lipinski definition) is 5. The van der Waals surface area contributed by atoms with Crippen molar-refractivity contribution in [1.82, 2.24) is 4.72 Å². The Kier molecular flexibility index (Phi) is 6.45. The zero-order valence-corrected chi connectivity index (χ0v) is 19.6. The predicted molar refractivity (Wildman–Crippen MR) is 120 cm³/mol. The Labute approximate surface area is 205 Å². The number of halogens is 5. The van der Waals surface area contributed by atoms with Gasteiger partial charge in [0.2, 0.25) is 10.0 Å². The maximum absolute atomic E-state index is 15.3. The SMILES string of the molecule is C.O=S1(=O)CC[C@H]2[C@H](CC[C@]3(S(=O)(=O)c4ccc(C(F)(F)F)cc4)c4c(F)ccc(F)c4OC[C@H]23)N1. The highest BCUT2D eigenvalue weighted by molar-refractivity contribution is 7.92. The Morgan fingerprint density at radius 2 is 1.64 bits per heavy atom. The molecule has 0 unspecified atom stereocenters. The minimum Gasteiger partial charge on any atom is -0.490 e. The number of nitrogens with one attached hydrogen (secondary N) is 1. The number of sulfone groups is 1. The second-order valence-electron chi connectivity index (χ2n) is 9.10. The molecule has 6 nitrogen and oxygen atoms in total. The lowest BCUT2D eigenvalue weighted by atomic mass is 9.64. The largest absolute Gasteiger partial charge is 0.490 e. The quantitative estimate of drug-likeness (QED) is 0.557. The molecule has 4 atom stereocenters. The molecule has 2 heterocycles. The van der Waals surface area contributed by atoms with E-state index in [9.17, 15) is 34.4 Å². The fourth-order valence-electron chi connectivity index (χ4n) is 5.84. The molecule has 2 aliphatic heterocycles. The average Bonchev–Trinajstić information content (AvgIpc) is 2.79. The Balaban J connectivity index is 0.00000304. The van der Waals surface area contributed by atoms with Crippen LogP contribution in [0.4, 0.5) is 22.0 Å². The van der Waals surface area contributed by atoms with Crippen LogP contribution in [-0.4, -0.2) is 35.2 Å². The number of sulfonamides is 1. The number of fused-ring (bicyclic) bond motifs is 5. The van der Waals surface area contributed by atoms with Crippen LogP contribution in [0.3, 0.4) is 0 Å². The molecule has 5 rings (SSSR count). The second kappa shape index (κ2) is 8.66. The van der Waals surface area contributed by atoms with E-state index in [1.807, 2.05) is 0 Å². The molecule has 1 saturated heterocycles. The molecule has 2 aromatic rings. The fourth-order valence-corrected chi connectivity index (χ4v) is 9.69. The van der Waals surface area contributed by atoms with Crippen molar-refractivity contribution in [1.29, 1.82) is 0 Å². The lowest BCUT2D eigenvalue weighted by Gasteiger charge is -2.54. The van der Waals surface area contributed by atoms with Gasteiger partial charge in [-0.15, -0.1) is 0 Å². The molecular weight excluding hydrogens is 529 g/mol. The molecule has 3 aliphatic rings. The maximum Gasteiger partial charge on any atom is 0.416 e. The van der Waals surface area contributed by atoms with Crippen LogP contribution in [0, 0.1) is 23.5 Å². The molecule has 0 amide bonds. The van der Waals surface area contributed by atoms with Gasteiger partial charge in [-0.3, -0.25) is 0 Å². The van der Waals surface area contributed by atoms with E-state index in [1.54, 1.807) is 0 Å². The van der Waals surface area contributed by atoms with E-state index in [1.165, 1.54) is 0 Å². The highest BCUT2D eigenvalue weighted by atomic mass is 32.2. The first-order valence-electron chi connectivity index (χ1n) is 10.8.